The predicted molar refractivity (Wildman–Crippen MR) is 97.5 cm³/mol. The number of imide groups is 1. The van der Waals surface area contributed by atoms with Gasteiger partial charge in [0.15, 0.2) is 0 Å². The van der Waals surface area contributed by atoms with Crippen LogP contribution in [0.2, 0.25) is 0 Å². The molecule has 1 aliphatic rings. The van der Waals surface area contributed by atoms with Crippen LogP contribution in [0.3, 0.4) is 0 Å². The van der Waals surface area contributed by atoms with Gasteiger partial charge in [-0.1, -0.05) is 17.7 Å². The van der Waals surface area contributed by atoms with Crippen LogP contribution >= 0.6 is 11.8 Å². The number of ether oxygens (including phenoxy) is 1. The summed E-state index contributed by atoms with van der Waals surface area (Å²) in [5.74, 6) is 1.93. The van der Waals surface area contributed by atoms with Gasteiger partial charge in [0.25, 0.3) is 11.1 Å². The first-order valence-electron chi connectivity index (χ1n) is 7.96. The fourth-order valence-corrected chi connectivity index (χ4v) is 3.37. The van der Waals surface area contributed by atoms with E-state index in [1.165, 1.54) is 4.90 Å². The molecule has 1 aromatic carbocycles. The fraction of sp³-hybridized carbons (Fsp3) is 0.263. The third-order valence-electron chi connectivity index (χ3n) is 3.84. The van der Waals surface area contributed by atoms with Crippen molar-refractivity contribution < 1.29 is 18.7 Å². The summed E-state index contributed by atoms with van der Waals surface area (Å²) in [5, 5.41) is -0.276. The first-order chi connectivity index (χ1) is 11.9. The maximum absolute atomic E-state index is 12.5. The third-order valence-corrected chi connectivity index (χ3v) is 4.75. The summed E-state index contributed by atoms with van der Waals surface area (Å²) in [6.07, 6.45) is 1.71. The first kappa shape index (κ1) is 17.4. The number of nitrogens with zero attached hydrogens (tertiary/aromatic N) is 1. The highest BCUT2D eigenvalue weighted by Gasteiger charge is 2.35. The van der Waals surface area contributed by atoms with Gasteiger partial charge in [-0.05, 0) is 56.8 Å². The van der Waals surface area contributed by atoms with Crippen LogP contribution in [-0.4, -0.2) is 29.2 Å². The van der Waals surface area contributed by atoms with Crippen LogP contribution in [0.1, 0.15) is 22.6 Å². The highest BCUT2D eigenvalue weighted by atomic mass is 32.2. The molecule has 0 bridgehead atoms. The zero-order valence-electron chi connectivity index (χ0n) is 14.4. The van der Waals surface area contributed by atoms with Crippen LogP contribution < -0.4 is 4.74 Å². The minimum atomic E-state index is -0.291. The second-order valence-electron chi connectivity index (χ2n) is 5.86. The highest BCUT2D eigenvalue weighted by molar-refractivity contribution is 8.18. The predicted octanol–water partition coefficient (Wildman–Crippen LogP) is 4.32. The summed E-state index contributed by atoms with van der Waals surface area (Å²) in [5.41, 5.74) is 1.96. The lowest BCUT2D eigenvalue weighted by molar-refractivity contribution is -0.123. The van der Waals surface area contributed by atoms with E-state index in [4.69, 9.17) is 9.15 Å². The number of thioether (sulfide) groups is 1. The molecule has 3 rings (SSSR count). The van der Waals surface area contributed by atoms with Crippen molar-refractivity contribution in [3.05, 3.63) is 57.9 Å². The van der Waals surface area contributed by atoms with Crippen LogP contribution in [0.25, 0.3) is 6.08 Å². The molecule has 0 spiro atoms. The molecule has 2 heterocycles. The molecule has 1 fully saturated rings. The van der Waals surface area contributed by atoms with Gasteiger partial charge in [0.05, 0.1) is 11.4 Å². The lowest BCUT2D eigenvalue weighted by atomic mass is 10.2. The Morgan fingerprint density at radius 2 is 1.88 bits per heavy atom. The number of furan rings is 1. The van der Waals surface area contributed by atoms with Crippen molar-refractivity contribution in [3.63, 3.8) is 0 Å². The van der Waals surface area contributed by atoms with E-state index in [0.29, 0.717) is 4.91 Å². The van der Waals surface area contributed by atoms with Crippen molar-refractivity contribution in [2.24, 2.45) is 0 Å². The second kappa shape index (κ2) is 7.19. The maximum Gasteiger partial charge on any atom is 0.293 e. The summed E-state index contributed by atoms with van der Waals surface area (Å²) < 4.78 is 11.1. The van der Waals surface area contributed by atoms with E-state index in [-0.39, 0.29) is 24.3 Å². The minimum Gasteiger partial charge on any atom is -0.492 e. The molecule has 2 amide bonds. The summed E-state index contributed by atoms with van der Waals surface area (Å²) in [6.45, 7) is 6.16. The highest BCUT2D eigenvalue weighted by Crippen LogP contribution is 2.33. The zero-order valence-corrected chi connectivity index (χ0v) is 15.2. The topological polar surface area (TPSA) is 59.8 Å². The number of aryl methyl sites for hydroxylation is 3. The average Bonchev–Trinajstić information content (AvgIpc) is 3.02. The van der Waals surface area contributed by atoms with Gasteiger partial charge < -0.3 is 9.15 Å². The second-order valence-corrected chi connectivity index (χ2v) is 6.86. The molecule has 0 aliphatic carbocycles. The molecule has 6 heteroatoms. The zero-order chi connectivity index (χ0) is 18.0. The van der Waals surface area contributed by atoms with E-state index < -0.39 is 0 Å². The van der Waals surface area contributed by atoms with Crippen molar-refractivity contribution in [1.29, 1.82) is 0 Å². The molecule has 0 atom stereocenters. The van der Waals surface area contributed by atoms with E-state index in [2.05, 4.69) is 0 Å². The molecule has 0 N–H and O–H groups in total. The quantitative estimate of drug-likeness (QED) is 0.746. The van der Waals surface area contributed by atoms with Crippen molar-refractivity contribution in [1.82, 2.24) is 4.90 Å². The number of benzene rings is 1. The van der Waals surface area contributed by atoms with E-state index in [1.54, 1.807) is 6.08 Å². The van der Waals surface area contributed by atoms with Crippen LogP contribution in [-0.2, 0) is 4.79 Å². The van der Waals surface area contributed by atoms with E-state index in [0.717, 1.165) is 40.2 Å². The smallest absolute Gasteiger partial charge is 0.293 e. The molecule has 0 unspecified atom stereocenters. The number of carbonyl (C=O) groups excluding carboxylic acids is 2. The van der Waals surface area contributed by atoms with Crippen molar-refractivity contribution in [3.8, 4) is 5.75 Å². The number of amides is 2. The van der Waals surface area contributed by atoms with E-state index >= 15 is 0 Å². The Hall–Kier alpha value is -2.47. The molecular weight excluding hydrogens is 338 g/mol. The normalized spacial score (nSPS) is 16.1. The van der Waals surface area contributed by atoms with E-state index in [1.807, 2.05) is 51.1 Å². The van der Waals surface area contributed by atoms with Crippen molar-refractivity contribution in [2.75, 3.05) is 13.2 Å². The van der Waals surface area contributed by atoms with E-state index in [9.17, 15) is 9.59 Å². The lowest BCUT2D eigenvalue weighted by Gasteiger charge is -2.13. The summed E-state index contributed by atoms with van der Waals surface area (Å²) in [7, 11) is 0. The molecule has 5 nitrogen and oxygen atoms in total. The Kier molecular flexibility index (Phi) is 4.99. The Balaban J connectivity index is 1.63. The monoisotopic (exact) mass is 357 g/mol. The number of hydrogen-bond donors (Lipinski definition) is 0. The molecule has 2 aromatic rings. The first-order valence-corrected chi connectivity index (χ1v) is 8.77. The van der Waals surface area contributed by atoms with Crippen LogP contribution in [0.5, 0.6) is 5.75 Å². The Bertz CT molecular complexity index is 836. The Morgan fingerprint density at radius 1 is 1.16 bits per heavy atom. The molecule has 1 saturated heterocycles. The van der Waals surface area contributed by atoms with Gasteiger partial charge in [-0.3, -0.25) is 14.5 Å². The summed E-state index contributed by atoms with van der Waals surface area (Å²) in [6, 6.07) is 9.49. The van der Waals surface area contributed by atoms with Crippen LogP contribution in [0.4, 0.5) is 4.79 Å². The maximum atomic E-state index is 12.5. The Labute approximate surface area is 150 Å². The molecule has 0 saturated carbocycles. The van der Waals surface area contributed by atoms with Gasteiger partial charge in [-0.2, -0.15) is 0 Å². The van der Waals surface area contributed by atoms with Gasteiger partial charge >= 0.3 is 0 Å². The van der Waals surface area contributed by atoms with Gasteiger partial charge in [-0.25, -0.2) is 0 Å². The average molecular weight is 357 g/mol. The standard InChI is InChI=1S/C19H19NO4S/c1-12-4-6-16(7-5-12)23-9-8-20-18(21)17(25-19(20)22)11-15-10-13(2)24-14(15)3/h4-7,10-11H,8-9H2,1-3H3/b17-11-. The lowest BCUT2D eigenvalue weighted by Crippen LogP contribution is -2.32. The third kappa shape index (κ3) is 3.96. The number of carbonyl (C=O) groups is 2. The molecule has 130 valence electrons. The van der Waals surface area contributed by atoms with Crippen molar-refractivity contribution >= 4 is 29.0 Å². The fourth-order valence-electron chi connectivity index (χ4n) is 2.52. The molecular formula is C19H19NO4S. The van der Waals surface area contributed by atoms with Gasteiger partial charge in [0, 0.05) is 5.56 Å². The van der Waals surface area contributed by atoms with Crippen LogP contribution in [0.15, 0.2) is 39.7 Å². The summed E-state index contributed by atoms with van der Waals surface area (Å²) >= 11 is 0.944. The molecule has 25 heavy (non-hydrogen) atoms. The van der Waals surface area contributed by atoms with Gasteiger partial charge in [0.1, 0.15) is 23.9 Å². The Morgan fingerprint density at radius 3 is 2.52 bits per heavy atom. The van der Waals surface area contributed by atoms with Gasteiger partial charge in [-0.15, -0.1) is 0 Å². The SMILES string of the molecule is Cc1ccc(OCCN2C(=O)S/C(=C\c3cc(C)oc3C)C2=O)cc1. The summed E-state index contributed by atoms with van der Waals surface area (Å²) in [4.78, 5) is 26.2. The number of rotatable bonds is 5. The molecule has 1 aromatic heterocycles. The molecule has 0 radical (unpaired) electrons. The van der Waals surface area contributed by atoms with Crippen LogP contribution in [0, 0.1) is 20.8 Å². The number of hydrogen-bond acceptors (Lipinski definition) is 5. The van der Waals surface area contributed by atoms with Crippen molar-refractivity contribution in [2.45, 2.75) is 20.8 Å². The molecule has 1 aliphatic heterocycles. The minimum absolute atomic E-state index is 0.222. The largest absolute Gasteiger partial charge is 0.492 e. The van der Waals surface area contributed by atoms with Gasteiger partial charge in [0.2, 0.25) is 0 Å².